The van der Waals surface area contributed by atoms with Crippen molar-refractivity contribution in [1.82, 2.24) is 9.55 Å². The zero-order chi connectivity index (χ0) is 20.2. The SMILES string of the molecule is COc1cccc(-c2nccc3c2cc(C(=O)O)n3CC#Cc2ccccc2)c1. The van der Waals surface area contributed by atoms with Crippen LogP contribution in [0.4, 0.5) is 0 Å². The molecule has 0 bridgehead atoms. The molecule has 0 amide bonds. The zero-order valence-corrected chi connectivity index (χ0v) is 15.8. The van der Waals surface area contributed by atoms with Crippen LogP contribution in [0.5, 0.6) is 5.75 Å². The molecule has 0 unspecified atom stereocenters. The number of nitrogens with zero attached hydrogens (tertiary/aromatic N) is 2. The molecule has 4 aromatic rings. The van der Waals surface area contributed by atoms with Gasteiger partial charge in [0, 0.05) is 22.7 Å². The van der Waals surface area contributed by atoms with Crippen molar-refractivity contribution >= 4 is 16.9 Å². The molecule has 1 N–H and O–H groups in total. The number of rotatable bonds is 4. The summed E-state index contributed by atoms with van der Waals surface area (Å²) >= 11 is 0. The number of carbonyl (C=O) groups is 1. The van der Waals surface area contributed by atoms with E-state index in [9.17, 15) is 9.90 Å². The number of aromatic carboxylic acids is 1. The Balaban J connectivity index is 1.81. The third-order valence-corrected chi connectivity index (χ3v) is 4.64. The number of fused-ring (bicyclic) bond motifs is 1. The second-order valence-electron chi connectivity index (χ2n) is 6.41. The Labute approximate surface area is 168 Å². The van der Waals surface area contributed by atoms with Crippen LogP contribution in [0.3, 0.4) is 0 Å². The van der Waals surface area contributed by atoms with E-state index in [4.69, 9.17) is 4.74 Å². The largest absolute Gasteiger partial charge is 0.497 e. The standard InChI is InChI=1S/C24H18N2O3/c1-29-19-11-5-10-18(15-19)23-20-16-22(24(27)28)26(21(20)12-13-25-23)14-6-9-17-7-3-2-4-8-17/h2-5,7-8,10-13,15-16H,14H2,1H3,(H,27,28). The lowest BCUT2D eigenvalue weighted by Crippen LogP contribution is -2.07. The number of benzene rings is 2. The Kier molecular flexibility index (Phi) is 5.00. The molecule has 0 atom stereocenters. The highest BCUT2D eigenvalue weighted by atomic mass is 16.5. The molecule has 2 heterocycles. The quantitative estimate of drug-likeness (QED) is 0.529. The fourth-order valence-corrected chi connectivity index (χ4v) is 3.28. The van der Waals surface area contributed by atoms with Crippen LogP contribution in [0.15, 0.2) is 72.9 Å². The topological polar surface area (TPSA) is 64.3 Å². The average molecular weight is 382 g/mol. The molecule has 2 aromatic heterocycles. The molecule has 4 rings (SSSR count). The number of ether oxygens (including phenoxy) is 1. The molecular formula is C24H18N2O3. The monoisotopic (exact) mass is 382 g/mol. The maximum Gasteiger partial charge on any atom is 0.352 e. The second-order valence-corrected chi connectivity index (χ2v) is 6.41. The number of hydrogen-bond acceptors (Lipinski definition) is 3. The van der Waals surface area contributed by atoms with Gasteiger partial charge in [0.15, 0.2) is 0 Å². The van der Waals surface area contributed by atoms with Crippen molar-refractivity contribution in [3.05, 3.63) is 84.2 Å². The van der Waals surface area contributed by atoms with Gasteiger partial charge in [0.2, 0.25) is 0 Å². The lowest BCUT2D eigenvalue weighted by atomic mass is 10.1. The Morgan fingerprint density at radius 3 is 2.69 bits per heavy atom. The summed E-state index contributed by atoms with van der Waals surface area (Å²) in [6.45, 7) is 0.265. The lowest BCUT2D eigenvalue weighted by molar-refractivity contribution is 0.0686. The lowest BCUT2D eigenvalue weighted by Gasteiger charge is -2.07. The van der Waals surface area contributed by atoms with Crippen LogP contribution in [0.25, 0.3) is 22.2 Å². The Hall–Kier alpha value is -4.04. The molecule has 142 valence electrons. The van der Waals surface area contributed by atoms with E-state index in [1.165, 1.54) is 0 Å². The van der Waals surface area contributed by atoms with Crippen LogP contribution in [0.1, 0.15) is 16.1 Å². The minimum Gasteiger partial charge on any atom is -0.497 e. The second kappa shape index (κ2) is 7.91. The third kappa shape index (κ3) is 3.69. The predicted molar refractivity (Wildman–Crippen MR) is 112 cm³/mol. The van der Waals surface area contributed by atoms with Gasteiger partial charge in [0.25, 0.3) is 0 Å². The van der Waals surface area contributed by atoms with Gasteiger partial charge in [0.1, 0.15) is 11.4 Å². The maximum atomic E-state index is 11.9. The molecule has 2 aromatic carbocycles. The van der Waals surface area contributed by atoms with Crippen LogP contribution in [-0.4, -0.2) is 27.7 Å². The average Bonchev–Trinajstić information content (AvgIpc) is 3.14. The molecule has 0 saturated carbocycles. The van der Waals surface area contributed by atoms with Crippen LogP contribution in [-0.2, 0) is 6.54 Å². The minimum absolute atomic E-state index is 0.180. The Morgan fingerprint density at radius 1 is 1.10 bits per heavy atom. The number of carboxylic acids is 1. The van der Waals surface area contributed by atoms with Crippen molar-refractivity contribution in [2.24, 2.45) is 0 Å². The van der Waals surface area contributed by atoms with Crippen LogP contribution in [0, 0.1) is 11.8 Å². The van der Waals surface area contributed by atoms with E-state index >= 15 is 0 Å². The molecule has 29 heavy (non-hydrogen) atoms. The fourth-order valence-electron chi connectivity index (χ4n) is 3.28. The first-order valence-corrected chi connectivity index (χ1v) is 9.07. The van der Waals surface area contributed by atoms with E-state index in [-0.39, 0.29) is 12.2 Å². The van der Waals surface area contributed by atoms with E-state index in [1.807, 2.05) is 60.7 Å². The van der Waals surface area contributed by atoms with Gasteiger partial charge in [-0.2, -0.15) is 0 Å². The summed E-state index contributed by atoms with van der Waals surface area (Å²) in [6, 6.07) is 20.6. The van der Waals surface area contributed by atoms with Crippen LogP contribution in [0.2, 0.25) is 0 Å². The molecule has 0 radical (unpaired) electrons. The van der Waals surface area contributed by atoms with E-state index in [0.29, 0.717) is 11.4 Å². The fraction of sp³-hybridized carbons (Fsp3) is 0.0833. The van der Waals surface area contributed by atoms with Crippen molar-refractivity contribution in [1.29, 1.82) is 0 Å². The summed E-state index contributed by atoms with van der Waals surface area (Å²) in [5, 5.41) is 10.5. The molecule has 5 nitrogen and oxygen atoms in total. The summed E-state index contributed by atoms with van der Waals surface area (Å²) in [7, 11) is 1.61. The predicted octanol–water partition coefficient (Wildman–Crippen LogP) is 4.46. The summed E-state index contributed by atoms with van der Waals surface area (Å²) < 4.78 is 7.01. The first-order valence-electron chi connectivity index (χ1n) is 9.07. The first-order chi connectivity index (χ1) is 14.2. The van der Waals surface area contributed by atoms with Crippen LogP contribution >= 0.6 is 0 Å². The highest BCUT2D eigenvalue weighted by Gasteiger charge is 2.17. The Bertz CT molecular complexity index is 1250. The van der Waals surface area contributed by atoms with Crippen molar-refractivity contribution in [2.45, 2.75) is 6.54 Å². The zero-order valence-electron chi connectivity index (χ0n) is 15.8. The number of hydrogen-bond donors (Lipinski definition) is 1. The van der Waals surface area contributed by atoms with Crippen molar-refractivity contribution in [3.8, 4) is 28.8 Å². The van der Waals surface area contributed by atoms with Crippen molar-refractivity contribution < 1.29 is 14.6 Å². The smallest absolute Gasteiger partial charge is 0.352 e. The van der Waals surface area contributed by atoms with Gasteiger partial charge >= 0.3 is 5.97 Å². The van der Waals surface area contributed by atoms with Crippen molar-refractivity contribution in [3.63, 3.8) is 0 Å². The van der Waals surface area contributed by atoms with Crippen molar-refractivity contribution in [2.75, 3.05) is 7.11 Å². The number of aromatic nitrogens is 2. The number of methoxy groups -OCH3 is 1. The van der Waals surface area contributed by atoms with Crippen LogP contribution < -0.4 is 4.74 Å². The third-order valence-electron chi connectivity index (χ3n) is 4.64. The number of carboxylic acid groups (broad SMARTS) is 1. The van der Waals surface area contributed by atoms with E-state index < -0.39 is 5.97 Å². The van der Waals surface area contributed by atoms with E-state index in [1.54, 1.807) is 23.9 Å². The first kappa shape index (κ1) is 18.3. The molecule has 0 aliphatic carbocycles. The number of pyridine rings is 1. The maximum absolute atomic E-state index is 11.9. The molecule has 0 saturated heterocycles. The minimum atomic E-state index is -1.00. The normalized spacial score (nSPS) is 10.4. The van der Waals surface area contributed by atoms with Gasteiger partial charge in [-0.05, 0) is 36.4 Å². The molecule has 5 heteroatoms. The van der Waals surface area contributed by atoms with Gasteiger partial charge in [-0.3, -0.25) is 4.98 Å². The highest BCUT2D eigenvalue weighted by Crippen LogP contribution is 2.31. The van der Waals surface area contributed by atoms with Gasteiger partial charge in [0.05, 0.1) is 24.9 Å². The van der Waals surface area contributed by atoms with Gasteiger partial charge in [-0.25, -0.2) is 4.79 Å². The van der Waals surface area contributed by atoms with E-state index in [0.717, 1.165) is 22.0 Å². The molecule has 0 fully saturated rings. The summed E-state index contributed by atoms with van der Waals surface area (Å²) in [4.78, 5) is 16.4. The van der Waals surface area contributed by atoms with Gasteiger partial charge in [-0.1, -0.05) is 42.2 Å². The molecular weight excluding hydrogens is 364 g/mol. The molecule has 0 spiro atoms. The van der Waals surface area contributed by atoms with Gasteiger partial charge in [-0.15, -0.1) is 0 Å². The highest BCUT2D eigenvalue weighted by molar-refractivity contribution is 6.00. The summed E-state index contributed by atoms with van der Waals surface area (Å²) in [6.07, 6.45) is 1.68. The summed E-state index contributed by atoms with van der Waals surface area (Å²) in [5.41, 5.74) is 3.41. The Morgan fingerprint density at radius 2 is 1.93 bits per heavy atom. The van der Waals surface area contributed by atoms with E-state index in [2.05, 4.69) is 16.8 Å². The molecule has 0 aliphatic rings. The summed E-state index contributed by atoms with van der Waals surface area (Å²) in [5.74, 6) is 5.87. The van der Waals surface area contributed by atoms with Gasteiger partial charge < -0.3 is 14.4 Å². The molecule has 0 aliphatic heterocycles.